The van der Waals surface area contributed by atoms with Crippen molar-refractivity contribution in [1.29, 1.82) is 0 Å². The Morgan fingerprint density at radius 3 is 2.46 bits per heavy atom. The van der Waals surface area contributed by atoms with Crippen molar-refractivity contribution in [3.63, 3.8) is 0 Å². The minimum absolute atomic E-state index is 0.0476. The Labute approximate surface area is 221 Å². The summed E-state index contributed by atoms with van der Waals surface area (Å²) in [6.45, 7) is 1.55. The number of fused-ring (bicyclic) bond motifs is 1. The molecular weight excluding hydrogens is 488 g/mol. The number of rotatable bonds is 10. The number of carbonyl (C=O) groups excluding carboxylic acids is 2. The number of thiophene rings is 1. The summed E-state index contributed by atoms with van der Waals surface area (Å²) in [6.07, 6.45) is 2.99. The summed E-state index contributed by atoms with van der Waals surface area (Å²) in [5.74, 6) is 2.27. The highest BCUT2D eigenvalue weighted by Gasteiger charge is 2.35. The van der Waals surface area contributed by atoms with Gasteiger partial charge < -0.3 is 24.0 Å². The van der Waals surface area contributed by atoms with Crippen molar-refractivity contribution in [2.24, 2.45) is 5.92 Å². The molecule has 37 heavy (non-hydrogen) atoms. The Morgan fingerprint density at radius 2 is 1.76 bits per heavy atom. The van der Waals surface area contributed by atoms with Crippen LogP contribution in [0.5, 0.6) is 17.2 Å². The van der Waals surface area contributed by atoms with Crippen molar-refractivity contribution in [1.82, 2.24) is 9.80 Å². The van der Waals surface area contributed by atoms with Crippen molar-refractivity contribution in [3.05, 3.63) is 76.0 Å². The second-order valence-corrected chi connectivity index (χ2v) is 10.5. The van der Waals surface area contributed by atoms with E-state index in [1.807, 2.05) is 29.2 Å². The van der Waals surface area contributed by atoms with Gasteiger partial charge in [0.15, 0.2) is 11.5 Å². The monoisotopic (exact) mass is 520 g/mol. The lowest BCUT2D eigenvalue weighted by Gasteiger charge is -2.37. The smallest absolute Gasteiger partial charge is 0.254 e. The van der Waals surface area contributed by atoms with Gasteiger partial charge in [-0.25, -0.2) is 0 Å². The highest BCUT2D eigenvalue weighted by molar-refractivity contribution is 7.10. The Balaban J connectivity index is 1.34. The molecule has 1 aliphatic heterocycles. The average molecular weight is 521 g/mol. The van der Waals surface area contributed by atoms with Crippen LogP contribution in [-0.2, 0) is 11.2 Å². The molecule has 2 aliphatic rings. The largest absolute Gasteiger partial charge is 0.497 e. The van der Waals surface area contributed by atoms with E-state index in [0.29, 0.717) is 48.4 Å². The first kappa shape index (κ1) is 25.1. The van der Waals surface area contributed by atoms with Gasteiger partial charge in [0.2, 0.25) is 5.91 Å². The molecule has 5 rings (SSSR count). The minimum atomic E-state index is -0.230. The van der Waals surface area contributed by atoms with E-state index in [1.54, 1.807) is 54.7 Å². The summed E-state index contributed by atoms with van der Waals surface area (Å²) >= 11 is 1.71. The third-order valence-electron chi connectivity index (χ3n) is 7.01. The van der Waals surface area contributed by atoms with Gasteiger partial charge in [-0.05, 0) is 78.6 Å². The summed E-state index contributed by atoms with van der Waals surface area (Å²) in [7, 11) is 3.21. The maximum Gasteiger partial charge on any atom is 0.254 e. The van der Waals surface area contributed by atoms with Gasteiger partial charge in [-0.15, -0.1) is 11.3 Å². The van der Waals surface area contributed by atoms with Gasteiger partial charge in [0.25, 0.3) is 5.91 Å². The number of nitrogens with zero attached hydrogens (tertiary/aromatic N) is 2. The van der Waals surface area contributed by atoms with Crippen LogP contribution < -0.4 is 14.2 Å². The zero-order valence-corrected chi connectivity index (χ0v) is 22.0. The Bertz CT molecular complexity index is 1240. The van der Waals surface area contributed by atoms with Gasteiger partial charge in [-0.1, -0.05) is 12.1 Å². The molecule has 1 fully saturated rings. The van der Waals surface area contributed by atoms with E-state index < -0.39 is 0 Å². The predicted octanol–water partition coefficient (Wildman–Crippen LogP) is 4.82. The average Bonchev–Trinajstić information content (AvgIpc) is 3.63. The minimum Gasteiger partial charge on any atom is -0.497 e. The van der Waals surface area contributed by atoms with E-state index in [0.717, 1.165) is 24.8 Å². The standard InChI is InChI=1S/C29H32N2O5S/c1-34-22-11-9-21(10-12-22)29(33)30(17-20-7-8-20)18-28(32)31-15-13-27-23(14-16-37-27)24(31)19-36-26-6-4-3-5-25(26)35-2/h3-6,9-12,14,16,20,24H,7-8,13,15,17-19H2,1-2H3. The first-order valence-corrected chi connectivity index (χ1v) is 13.5. The van der Waals surface area contributed by atoms with Crippen molar-refractivity contribution < 1.29 is 23.8 Å². The van der Waals surface area contributed by atoms with E-state index in [1.165, 1.54) is 4.88 Å². The number of para-hydroxylation sites is 2. The molecule has 1 aromatic heterocycles. The fraction of sp³-hybridized carbons (Fsp3) is 0.379. The Kier molecular flexibility index (Phi) is 7.65. The van der Waals surface area contributed by atoms with Crippen LogP contribution in [0, 0.1) is 5.92 Å². The SMILES string of the molecule is COc1ccc(C(=O)N(CC(=O)N2CCc3sccc3C2COc2ccccc2OC)CC2CC2)cc1. The van der Waals surface area contributed by atoms with Crippen LogP contribution in [0.1, 0.15) is 39.7 Å². The summed E-state index contributed by atoms with van der Waals surface area (Å²) in [5.41, 5.74) is 1.68. The highest BCUT2D eigenvalue weighted by atomic mass is 32.1. The van der Waals surface area contributed by atoms with Gasteiger partial charge in [-0.3, -0.25) is 9.59 Å². The van der Waals surface area contributed by atoms with E-state index in [9.17, 15) is 9.59 Å². The summed E-state index contributed by atoms with van der Waals surface area (Å²) in [4.78, 5) is 32.1. The first-order chi connectivity index (χ1) is 18.1. The molecule has 2 heterocycles. The van der Waals surface area contributed by atoms with Crippen molar-refractivity contribution in [2.45, 2.75) is 25.3 Å². The molecule has 7 nitrogen and oxygen atoms in total. The van der Waals surface area contributed by atoms with Gasteiger partial charge in [-0.2, -0.15) is 0 Å². The number of hydrogen-bond acceptors (Lipinski definition) is 6. The number of ether oxygens (including phenoxy) is 3. The molecule has 0 N–H and O–H groups in total. The lowest BCUT2D eigenvalue weighted by molar-refractivity contribution is -0.135. The number of amides is 2. The van der Waals surface area contributed by atoms with Crippen LogP contribution in [0.25, 0.3) is 0 Å². The lowest BCUT2D eigenvalue weighted by atomic mass is 10.00. The molecule has 0 bridgehead atoms. The number of carbonyl (C=O) groups is 2. The number of hydrogen-bond donors (Lipinski definition) is 0. The van der Waals surface area contributed by atoms with Crippen molar-refractivity contribution >= 4 is 23.2 Å². The third-order valence-corrected chi connectivity index (χ3v) is 8.00. The Hall–Kier alpha value is -3.52. The van der Waals surface area contributed by atoms with Crippen LogP contribution >= 0.6 is 11.3 Å². The molecule has 0 spiro atoms. The second-order valence-electron chi connectivity index (χ2n) is 9.47. The molecular formula is C29H32N2O5S. The first-order valence-electron chi connectivity index (χ1n) is 12.6. The Morgan fingerprint density at radius 1 is 1.00 bits per heavy atom. The van der Waals surface area contributed by atoms with Gasteiger partial charge >= 0.3 is 0 Å². The molecule has 1 unspecified atom stereocenters. The predicted molar refractivity (Wildman–Crippen MR) is 143 cm³/mol. The topological polar surface area (TPSA) is 68.3 Å². The molecule has 8 heteroatoms. The fourth-order valence-electron chi connectivity index (χ4n) is 4.78. The molecule has 1 atom stereocenters. The lowest BCUT2D eigenvalue weighted by Crippen LogP contribution is -2.48. The van der Waals surface area contributed by atoms with Crippen LogP contribution in [-0.4, -0.2) is 62.1 Å². The summed E-state index contributed by atoms with van der Waals surface area (Å²) in [6, 6.07) is 16.4. The summed E-state index contributed by atoms with van der Waals surface area (Å²) < 4.78 is 16.8. The quantitative estimate of drug-likeness (QED) is 0.383. The normalized spacial score (nSPS) is 16.6. The van der Waals surface area contributed by atoms with E-state index in [4.69, 9.17) is 14.2 Å². The zero-order chi connectivity index (χ0) is 25.8. The maximum absolute atomic E-state index is 13.8. The third kappa shape index (κ3) is 5.74. The molecule has 0 radical (unpaired) electrons. The molecule has 0 saturated heterocycles. The van der Waals surface area contributed by atoms with Crippen LogP contribution in [0.2, 0.25) is 0 Å². The molecule has 194 valence electrons. The maximum atomic E-state index is 13.8. The second kappa shape index (κ2) is 11.3. The van der Waals surface area contributed by atoms with Crippen molar-refractivity contribution in [3.8, 4) is 17.2 Å². The zero-order valence-electron chi connectivity index (χ0n) is 21.2. The van der Waals surface area contributed by atoms with Crippen LogP contribution in [0.3, 0.4) is 0 Å². The summed E-state index contributed by atoms with van der Waals surface area (Å²) in [5, 5.41) is 2.07. The molecule has 1 aliphatic carbocycles. The number of methoxy groups -OCH3 is 2. The molecule has 2 aromatic carbocycles. The van der Waals surface area contributed by atoms with Gasteiger partial charge in [0.1, 0.15) is 18.9 Å². The van der Waals surface area contributed by atoms with Crippen LogP contribution in [0.15, 0.2) is 60.0 Å². The highest BCUT2D eigenvalue weighted by Crippen LogP contribution is 2.36. The molecule has 2 amide bonds. The van der Waals surface area contributed by atoms with Gasteiger partial charge in [0, 0.05) is 23.5 Å². The number of benzene rings is 2. The molecule has 3 aromatic rings. The fourth-order valence-corrected chi connectivity index (χ4v) is 5.71. The van der Waals surface area contributed by atoms with E-state index in [-0.39, 0.29) is 24.4 Å². The van der Waals surface area contributed by atoms with E-state index in [2.05, 4.69) is 11.4 Å². The van der Waals surface area contributed by atoms with E-state index >= 15 is 0 Å². The molecule has 1 saturated carbocycles. The van der Waals surface area contributed by atoms with Gasteiger partial charge in [0.05, 0.1) is 20.3 Å². The van der Waals surface area contributed by atoms with Crippen LogP contribution in [0.4, 0.5) is 0 Å². The van der Waals surface area contributed by atoms with Crippen molar-refractivity contribution in [2.75, 3.05) is 40.5 Å².